The van der Waals surface area contributed by atoms with Gasteiger partial charge in [-0.2, -0.15) is 0 Å². The molecule has 2 heterocycles. The lowest BCUT2D eigenvalue weighted by atomic mass is 9.85. The molecule has 1 saturated carbocycles. The van der Waals surface area contributed by atoms with Crippen LogP contribution in [0.3, 0.4) is 0 Å². The molecular weight excluding hydrogens is 415 g/mol. The average Bonchev–Trinajstić information content (AvgIpc) is 3.37. The summed E-state index contributed by atoms with van der Waals surface area (Å²) in [6.45, 7) is 3.13. The number of hydrogen-bond donors (Lipinski definition) is 0. The fraction of sp³-hybridized carbons (Fsp3) is 0.667. The highest BCUT2D eigenvalue weighted by Gasteiger charge is 2.48. The number of ether oxygens (including phenoxy) is 1. The fourth-order valence-electron chi connectivity index (χ4n) is 4.90. The molecule has 1 aromatic carbocycles. The molecule has 0 bridgehead atoms. The van der Waals surface area contributed by atoms with Crippen molar-refractivity contribution in [1.82, 2.24) is 9.80 Å². The molecule has 0 aromatic heterocycles. The van der Waals surface area contributed by atoms with Gasteiger partial charge in [0, 0.05) is 25.3 Å². The van der Waals surface area contributed by atoms with Crippen molar-refractivity contribution in [2.24, 2.45) is 0 Å². The number of likely N-dealkylation sites (N-methyl/N-ethyl adjacent to an activating group) is 1. The zero-order chi connectivity index (χ0) is 19.7. The molecule has 3 atom stereocenters. The van der Waals surface area contributed by atoms with Gasteiger partial charge in [-0.1, -0.05) is 29.3 Å². The molecule has 3 aliphatic rings. The van der Waals surface area contributed by atoms with Crippen LogP contribution in [0.2, 0.25) is 10.0 Å². The summed E-state index contributed by atoms with van der Waals surface area (Å²) in [5.74, 6) is 1.19. The van der Waals surface area contributed by atoms with Crippen molar-refractivity contribution < 1.29 is 9.53 Å². The number of likely N-dealkylation sites (tertiary alicyclic amines) is 1. The predicted octanol–water partition coefficient (Wildman–Crippen LogP) is 4.47. The van der Waals surface area contributed by atoms with E-state index >= 15 is 0 Å². The molecule has 28 heavy (non-hydrogen) atoms. The molecule has 4 nitrogen and oxygen atoms in total. The van der Waals surface area contributed by atoms with Crippen LogP contribution in [0.25, 0.3) is 0 Å². The summed E-state index contributed by atoms with van der Waals surface area (Å²) in [7, 11) is 1.96. The van der Waals surface area contributed by atoms with Crippen LogP contribution in [0.1, 0.15) is 37.7 Å². The van der Waals surface area contributed by atoms with Crippen molar-refractivity contribution in [1.29, 1.82) is 0 Å². The van der Waals surface area contributed by atoms with Gasteiger partial charge in [-0.15, -0.1) is 11.8 Å². The van der Waals surface area contributed by atoms with Crippen LogP contribution < -0.4 is 0 Å². The van der Waals surface area contributed by atoms with E-state index in [0.717, 1.165) is 50.3 Å². The number of nitrogens with zero attached hydrogens (tertiary/aromatic N) is 2. The Morgan fingerprint density at radius 1 is 1.32 bits per heavy atom. The maximum atomic E-state index is 13.2. The van der Waals surface area contributed by atoms with E-state index in [1.54, 1.807) is 12.1 Å². The maximum absolute atomic E-state index is 13.2. The SMILES string of the molecule is CN(C(=O)Cc1ccc(Cl)c(Cl)c1)C1CC2(CCC1N1CCCC1)OCCS2. The number of hydrogen-bond acceptors (Lipinski definition) is 4. The minimum absolute atomic E-state index is 0.0982. The van der Waals surface area contributed by atoms with Gasteiger partial charge in [0.25, 0.3) is 0 Å². The molecule has 1 aliphatic carbocycles. The van der Waals surface area contributed by atoms with Gasteiger partial charge in [0.2, 0.25) is 5.91 Å². The number of carbonyl (C=O) groups excluding carboxylic acids is 1. The summed E-state index contributed by atoms with van der Waals surface area (Å²) in [5, 5.41) is 1.02. The van der Waals surface area contributed by atoms with Gasteiger partial charge >= 0.3 is 0 Å². The monoisotopic (exact) mass is 442 g/mol. The van der Waals surface area contributed by atoms with Gasteiger partial charge in [-0.25, -0.2) is 0 Å². The largest absolute Gasteiger partial charge is 0.363 e. The molecule has 3 fully saturated rings. The van der Waals surface area contributed by atoms with Crippen molar-refractivity contribution in [3.8, 4) is 0 Å². The predicted molar refractivity (Wildman–Crippen MR) is 116 cm³/mol. The minimum Gasteiger partial charge on any atom is -0.363 e. The van der Waals surface area contributed by atoms with Crippen LogP contribution in [0.5, 0.6) is 0 Å². The third-order valence-electron chi connectivity index (χ3n) is 6.44. The van der Waals surface area contributed by atoms with E-state index in [2.05, 4.69) is 4.90 Å². The summed E-state index contributed by atoms with van der Waals surface area (Å²) in [5.41, 5.74) is 0.904. The number of benzene rings is 1. The average molecular weight is 443 g/mol. The van der Waals surface area contributed by atoms with Gasteiger partial charge in [-0.05, 0) is 56.5 Å². The molecule has 3 unspecified atom stereocenters. The summed E-state index contributed by atoms with van der Waals surface area (Å²) >= 11 is 14.1. The molecule has 7 heteroatoms. The lowest BCUT2D eigenvalue weighted by Crippen LogP contribution is -2.57. The Morgan fingerprint density at radius 2 is 2.11 bits per heavy atom. The quantitative estimate of drug-likeness (QED) is 0.688. The van der Waals surface area contributed by atoms with Gasteiger partial charge in [0.1, 0.15) is 4.93 Å². The third kappa shape index (κ3) is 4.34. The summed E-state index contributed by atoms with van der Waals surface area (Å²) < 4.78 is 6.17. The van der Waals surface area contributed by atoms with Crippen LogP contribution >= 0.6 is 35.0 Å². The molecule has 2 saturated heterocycles. The summed E-state index contributed by atoms with van der Waals surface area (Å²) in [4.78, 5) is 17.6. The van der Waals surface area contributed by atoms with Gasteiger partial charge in [-0.3, -0.25) is 9.69 Å². The van der Waals surface area contributed by atoms with Crippen LogP contribution in [0, 0.1) is 0 Å². The second-order valence-electron chi connectivity index (χ2n) is 8.16. The number of rotatable bonds is 4. The van der Waals surface area contributed by atoms with Crippen LogP contribution in [0.4, 0.5) is 0 Å². The van der Waals surface area contributed by atoms with E-state index in [1.165, 1.54) is 12.8 Å². The van der Waals surface area contributed by atoms with Crippen molar-refractivity contribution in [2.45, 2.75) is 55.5 Å². The second kappa shape index (κ2) is 8.73. The van der Waals surface area contributed by atoms with Crippen molar-refractivity contribution in [3.05, 3.63) is 33.8 Å². The number of carbonyl (C=O) groups is 1. The molecule has 2 aliphatic heterocycles. The number of halogens is 2. The highest BCUT2D eigenvalue weighted by Crippen LogP contribution is 2.47. The summed E-state index contributed by atoms with van der Waals surface area (Å²) in [6, 6.07) is 6.06. The lowest BCUT2D eigenvalue weighted by Gasteiger charge is -2.48. The van der Waals surface area contributed by atoms with E-state index in [0.29, 0.717) is 22.5 Å². The van der Waals surface area contributed by atoms with Crippen LogP contribution in [-0.2, 0) is 16.0 Å². The first-order chi connectivity index (χ1) is 13.5. The Balaban J connectivity index is 1.50. The Labute approximate surface area is 181 Å². The van der Waals surface area contributed by atoms with Gasteiger partial charge in [0.05, 0.1) is 29.1 Å². The first kappa shape index (κ1) is 20.8. The molecule has 1 amide bonds. The van der Waals surface area contributed by atoms with E-state index in [-0.39, 0.29) is 16.9 Å². The van der Waals surface area contributed by atoms with E-state index in [9.17, 15) is 4.79 Å². The fourth-order valence-corrected chi connectivity index (χ4v) is 6.48. The highest BCUT2D eigenvalue weighted by molar-refractivity contribution is 8.00. The normalized spacial score (nSPS) is 30.8. The smallest absolute Gasteiger partial charge is 0.227 e. The molecule has 0 radical (unpaired) electrons. The van der Waals surface area contributed by atoms with E-state index in [1.807, 2.05) is 29.8 Å². The molecule has 1 spiro atoms. The lowest BCUT2D eigenvalue weighted by molar-refractivity contribution is -0.135. The Bertz CT molecular complexity index is 720. The third-order valence-corrected chi connectivity index (χ3v) is 8.56. The first-order valence-electron chi connectivity index (χ1n) is 10.2. The maximum Gasteiger partial charge on any atom is 0.227 e. The Kier molecular flexibility index (Phi) is 6.48. The number of amides is 1. The van der Waals surface area contributed by atoms with Crippen molar-refractivity contribution in [2.75, 3.05) is 32.5 Å². The molecule has 154 valence electrons. The van der Waals surface area contributed by atoms with Crippen molar-refractivity contribution >= 4 is 40.9 Å². The van der Waals surface area contributed by atoms with E-state index in [4.69, 9.17) is 27.9 Å². The molecular formula is C21H28Cl2N2O2S. The zero-order valence-corrected chi connectivity index (χ0v) is 18.7. The molecule has 4 rings (SSSR count). The van der Waals surface area contributed by atoms with Gasteiger partial charge < -0.3 is 9.64 Å². The van der Waals surface area contributed by atoms with Gasteiger partial charge in [0.15, 0.2) is 0 Å². The summed E-state index contributed by atoms with van der Waals surface area (Å²) in [6.07, 6.45) is 5.98. The Morgan fingerprint density at radius 3 is 2.79 bits per heavy atom. The van der Waals surface area contributed by atoms with E-state index < -0.39 is 0 Å². The topological polar surface area (TPSA) is 32.8 Å². The minimum atomic E-state index is -0.0982. The highest BCUT2D eigenvalue weighted by atomic mass is 35.5. The first-order valence-corrected chi connectivity index (χ1v) is 11.9. The second-order valence-corrected chi connectivity index (χ2v) is 10.4. The number of thioether (sulfide) groups is 1. The standard InChI is InChI=1S/C21H28Cl2N2O2S/c1-24(20(26)13-15-4-5-16(22)17(23)12-15)19-14-21(27-10-11-28-21)7-6-18(19)25-8-2-3-9-25/h4-5,12,18-19H,2-3,6-11,13-14H2,1H3. The van der Waals surface area contributed by atoms with Crippen molar-refractivity contribution in [3.63, 3.8) is 0 Å². The van der Waals surface area contributed by atoms with Crippen LogP contribution in [0.15, 0.2) is 18.2 Å². The van der Waals surface area contributed by atoms with Crippen LogP contribution in [-0.4, -0.2) is 65.2 Å². The zero-order valence-electron chi connectivity index (χ0n) is 16.3. The molecule has 0 N–H and O–H groups in total. The Hall–Kier alpha value is -0.460. The molecule has 1 aromatic rings.